The van der Waals surface area contributed by atoms with Gasteiger partial charge < -0.3 is 15.2 Å². The third kappa shape index (κ3) is 2.74. The van der Waals surface area contributed by atoms with Gasteiger partial charge >= 0.3 is 0 Å². The summed E-state index contributed by atoms with van der Waals surface area (Å²) in [6.45, 7) is 0.641. The van der Waals surface area contributed by atoms with Crippen LogP contribution < -0.4 is 15.2 Å². The summed E-state index contributed by atoms with van der Waals surface area (Å²) in [5.41, 5.74) is 7.25. The summed E-state index contributed by atoms with van der Waals surface area (Å²) < 4.78 is 11.5. The Morgan fingerprint density at radius 3 is 2.43 bits per heavy atom. The van der Waals surface area contributed by atoms with Crippen molar-refractivity contribution in [1.29, 1.82) is 0 Å². The molecule has 0 amide bonds. The van der Waals surface area contributed by atoms with Crippen LogP contribution in [-0.2, 0) is 5.41 Å². The third-order valence-electron chi connectivity index (χ3n) is 5.12. The fourth-order valence-electron chi connectivity index (χ4n) is 3.50. The Kier molecular flexibility index (Phi) is 4.32. The van der Waals surface area contributed by atoms with E-state index in [-0.39, 0.29) is 5.41 Å². The zero-order valence-corrected chi connectivity index (χ0v) is 13.4. The molecule has 3 rings (SSSR count). The van der Waals surface area contributed by atoms with Crippen molar-refractivity contribution in [2.75, 3.05) is 13.7 Å². The maximum atomic E-state index is 6.52. The van der Waals surface area contributed by atoms with Gasteiger partial charge in [-0.05, 0) is 43.7 Å². The number of ether oxygens (including phenoxy) is 2. The van der Waals surface area contributed by atoms with E-state index in [2.05, 4.69) is 6.07 Å². The van der Waals surface area contributed by atoms with E-state index in [4.69, 9.17) is 26.8 Å². The largest absolute Gasteiger partial charge is 0.493 e. The van der Waals surface area contributed by atoms with Gasteiger partial charge in [-0.25, -0.2) is 0 Å². The highest BCUT2D eigenvalue weighted by Gasteiger charge is 2.37. The van der Waals surface area contributed by atoms with E-state index in [9.17, 15) is 0 Å². The minimum Gasteiger partial charge on any atom is -0.493 e. The molecule has 0 heterocycles. The van der Waals surface area contributed by atoms with Crippen molar-refractivity contribution in [3.8, 4) is 11.5 Å². The summed E-state index contributed by atoms with van der Waals surface area (Å²) in [4.78, 5) is 0. The zero-order valence-electron chi connectivity index (χ0n) is 12.7. The molecule has 0 unspecified atom stereocenters. The van der Waals surface area contributed by atoms with Crippen LogP contribution in [0, 0.1) is 0 Å². The fourth-order valence-corrected chi connectivity index (χ4v) is 3.85. The molecule has 2 fully saturated rings. The van der Waals surface area contributed by atoms with Crippen LogP contribution in [0.1, 0.15) is 50.5 Å². The van der Waals surface area contributed by atoms with E-state index < -0.39 is 0 Å². The predicted molar refractivity (Wildman–Crippen MR) is 85.5 cm³/mol. The Balaban J connectivity index is 1.97. The highest BCUT2D eigenvalue weighted by Crippen LogP contribution is 2.47. The van der Waals surface area contributed by atoms with Crippen molar-refractivity contribution < 1.29 is 9.47 Å². The van der Waals surface area contributed by atoms with Crippen LogP contribution in [0.2, 0.25) is 5.02 Å². The molecular weight excluding hydrogens is 286 g/mol. The lowest BCUT2D eigenvalue weighted by Crippen LogP contribution is -2.32. The van der Waals surface area contributed by atoms with Crippen LogP contribution in [0.25, 0.3) is 0 Å². The first kappa shape index (κ1) is 15.0. The van der Waals surface area contributed by atoms with Gasteiger partial charge in [0.05, 0.1) is 13.2 Å². The Morgan fingerprint density at radius 2 is 1.90 bits per heavy atom. The summed E-state index contributed by atoms with van der Waals surface area (Å²) in [5.74, 6) is 1.54. The quantitative estimate of drug-likeness (QED) is 0.892. The molecule has 2 saturated carbocycles. The summed E-state index contributed by atoms with van der Waals surface area (Å²) in [6.07, 6.45) is 8.49. The number of halogens is 1. The van der Waals surface area contributed by atoms with E-state index in [0.717, 1.165) is 47.8 Å². The molecule has 0 bridgehead atoms. The molecule has 3 nitrogen and oxygen atoms in total. The van der Waals surface area contributed by atoms with E-state index in [1.807, 2.05) is 6.07 Å². The normalized spacial score (nSPS) is 21.1. The average Bonchev–Trinajstić information content (AvgIpc) is 2.93. The molecule has 0 aromatic heterocycles. The summed E-state index contributed by atoms with van der Waals surface area (Å²) in [7, 11) is 1.66. The molecule has 1 aromatic rings. The van der Waals surface area contributed by atoms with Crippen LogP contribution in [0.4, 0.5) is 0 Å². The molecule has 0 aliphatic heterocycles. The molecule has 1 aromatic carbocycles. The molecule has 2 N–H and O–H groups in total. The molecule has 0 atom stereocenters. The Hall–Kier alpha value is -0.930. The number of hydrogen-bond acceptors (Lipinski definition) is 3. The van der Waals surface area contributed by atoms with E-state index >= 15 is 0 Å². The average molecular weight is 310 g/mol. The molecule has 2 aliphatic carbocycles. The molecule has 0 saturated heterocycles. The summed E-state index contributed by atoms with van der Waals surface area (Å²) >= 11 is 6.52. The minimum atomic E-state index is 0.0150. The standard InChI is InChI=1S/C17H24ClNO2/c1-20-15-10-14(18)13(17(11-19)7-2-3-8-17)9-16(15)21-12-5-4-6-12/h9-10,12H,2-8,11,19H2,1H3. The molecule has 21 heavy (non-hydrogen) atoms. The van der Waals surface area contributed by atoms with Crippen molar-refractivity contribution in [3.63, 3.8) is 0 Å². The molecule has 0 spiro atoms. The van der Waals surface area contributed by atoms with Crippen molar-refractivity contribution in [1.82, 2.24) is 0 Å². The van der Waals surface area contributed by atoms with Gasteiger partial charge in [-0.2, -0.15) is 0 Å². The Morgan fingerprint density at radius 1 is 1.19 bits per heavy atom. The van der Waals surface area contributed by atoms with Crippen molar-refractivity contribution in [2.24, 2.45) is 5.73 Å². The predicted octanol–water partition coefficient (Wildman–Crippen LogP) is 4.05. The van der Waals surface area contributed by atoms with E-state index in [1.165, 1.54) is 19.3 Å². The van der Waals surface area contributed by atoms with Crippen LogP contribution >= 0.6 is 11.6 Å². The summed E-state index contributed by atoms with van der Waals surface area (Å²) in [6, 6.07) is 3.97. The highest BCUT2D eigenvalue weighted by molar-refractivity contribution is 6.31. The smallest absolute Gasteiger partial charge is 0.162 e. The number of rotatable bonds is 5. The molecule has 4 heteroatoms. The third-order valence-corrected chi connectivity index (χ3v) is 5.43. The van der Waals surface area contributed by atoms with Crippen molar-refractivity contribution in [2.45, 2.75) is 56.5 Å². The zero-order chi connectivity index (χ0) is 14.9. The number of hydrogen-bond donors (Lipinski definition) is 1. The lowest BCUT2D eigenvalue weighted by atomic mass is 9.79. The van der Waals surface area contributed by atoms with Gasteiger partial charge in [0.2, 0.25) is 0 Å². The Labute approximate surface area is 131 Å². The van der Waals surface area contributed by atoms with Gasteiger partial charge in [0.25, 0.3) is 0 Å². The second-order valence-electron chi connectivity index (χ2n) is 6.35. The highest BCUT2D eigenvalue weighted by atomic mass is 35.5. The molecule has 2 aliphatic rings. The van der Waals surface area contributed by atoms with Gasteiger partial charge in [-0.1, -0.05) is 24.4 Å². The second-order valence-corrected chi connectivity index (χ2v) is 6.75. The van der Waals surface area contributed by atoms with E-state index in [0.29, 0.717) is 12.6 Å². The first-order chi connectivity index (χ1) is 10.2. The number of nitrogens with two attached hydrogens (primary N) is 1. The lowest BCUT2D eigenvalue weighted by Gasteiger charge is -2.31. The number of methoxy groups -OCH3 is 1. The number of benzene rings is 1. The van der Waals surface area contributed by atoms with E-state index in [1.54, 1.807) is 7.11 Å². The monoisotopic (exact) mass is 309 g/mol. The van der Waals surface area contributed by atoms with Gasteiger partial charge in [0, 0.05) is 23.0 Å². The van der Waals surface area contributed by atoms with Crippen LogP contribution in [-0.4, -0.2) is 19.8 Å². The fraction of sp³-hybridized carbons (Fsp3) is 0.647. The van der Waals surface area contributed by atoms with Gasteiger partial charge in [-0.3, -0.25) is 0 Å². The van der Waals surface area contributed by atoms with Crippen molar-refractivity contribution >= 4 is 11.6 Å². The maximum Gasteiger partial charge on any atom is 0.162 e. The maximum absolute atomic E-state index is 6.52. The first-order valence-corrected chi connectivity index (χ1v) is 8.31. The lowest BCUT2D eigenvalue weighted by molar-refractivity contribution is 0.116. The summed E-state index contributed by atoms with van der Waals surface area (Å²) in [5, 5.41) is 0.750. The minimum absolute atomic E-state index is 0.0150. The van der Waals surface area contributed by atoms with Crippen LogP contribution in [0.15, 0.2) is 12.1 Å². The first-order valence-electron chi connectivity index (χ1n) is 7.93. The molecule has 0 radical (unpaired) electrons. The van der Waals surface area contributed by atoms with Gasteiger partial charge in [-0.15, -0.1) is 0 Å². The van der Waals surface area contributed by atoms with Crippen LogP contribution in [0.5, 0.6) is 11.5 Å². The molecular formula is C17H24ClNO2. The van der Waals surface area contributed by atoms with Gasteiger partial charge in [0.15, 0.2) is 11.5 Å². The second kappa shape index (κ2) is 6.05. The topological polar surface area (TPSA) is 44.5 Å². The molecule has 116 valence electrons. The SMILES string of the molecule is COc1cc(Cl)c(C2(CN)CCCC2)cc1OC1CCC1. The Bertz CT molecular complexity index is 508. The van der Waals surface area contributed by atoms with Crippen molar-refractivity contribution in [3.05, 3.63) is 22.7 Å². The van der Waals surface area contributed by atoms with Crippen LogP contribution in [0.3, 0.4) is 0 Å². The van der Waals surface area contributed by atoms with Gasteiger partial charge in [0.1, 0.15) is 0 Å².